The molecule has 1 amide bonds. The van der Waals surface area contributed by atoms with Crippen LogP contribution in [0.2, 0.25) is 5.02 Å². The van der Waals surface area contributed by atoms with Crippen molar-refractivity contribution in [2.24, 2.45) is 4.99 Å². The van der Waals surface area contributed by atoms with Crippen molar-refractivity contribution in [1.82, 2.24) is 16.0 Å². The standard InChI is InChI=1S/C16H25ClN4O.HI/c1-3-10-19-15(22)9-11-20-16(18-4-2)21-12-13-5-7-14(17)8-6-13;/h5-8H,3-4,9-12H2,1-2H3,(H,19,22)(H2,18,20,21);1H. The number of guanidine groups is 1. The van der Waals surface area contributed by atoms with E-state index < -0.39 is 0 Å². The number of hydrogen-bond acceptors (Lipinski definition) is 2. The van der Waals surface area contributed by atoms with Crippen LogP contribution in [0.15, 0.2) is 29.3 Å². The van der Waals surface area contributed by atoms with Crippen molar-refractivity contribution in [2.75, 3.05) is 19.6 Å². The summed E-state index contributed by atoms with van der Waals surface area (Å²) in [6.45, 7) is 6.66. The number of hydrogen-bond donors (Lipinski definition) is 3. The fourth-order valence-corrected chi connectivity index (χ4v) is 1.88. The lowest BCUT2D eigenvalue weighted by molar-refractivity contribution is -0.120. The Hall–Kier alpha value is -1.02. The van der Waals surface area contributed by atoms with E-state index in [1.807, 2.05) is 38.1 Å². The molecule has 1 aromatic carbocycles. The van der Waals surface area contributed by atoms with Crippen molar-refractivity contribution < 1.29 is 4.79 Å². The first-order valence-corrected chi connectivity index (χ1v) is 8.06. The molecule has 5 nitrogen and oxygen atoms in total. The summed E-state index contributed by atoms with van der Waals surface area (Å²) in [5, 5.41) is 9.89. The van der Waals surface area contributed by atoms with E-state index in [-0.39, 0.29) is 29.9 Å². The van der Waals surface area contributed by atoms with Crippen LogP contribution in [0.25, 0.3) is 0 Å². The monoisotopic (exact) mass is 452 g/mol. The molecule has 1 rings (SSSR count). The predicted octanol–water partition coefficient (Wildman–Crippen LogP) is 2.93. The molecule has 1 aromatic rings. The number of aliphatic imine (C=N–C) groups is 1. The normalized spacial score (nSPS) is 10.7. The zero-order valence-corrected chi connectivity index (χ0v) is 16.8. The van der Waals surface area contributed by atoms with Gasteiger partial charge < -0.3 is 16.0 Å². The number of nitrogens with one attached hydrogen (secondary N) is 3. The number of amides is 1. The van der Waals surface area contributed by atoms with Crippen LogP contribution in [0.5, 0.6) is 0 Å². The van der Waals surface area contributed by atoms with Crippen molar-refractivity contribution in [1.29, 1.82) is 0 Å². The lowest BCUT2D eigenvalue weighted by atomic mass is 10.2. The highest BCUT2D eigenvalue weighted by molar-refractivity contribution is 14.0. The Bertz CT molecular complexity index is 479. The molecular weight excluding hydrogens is 427 g/mol. The number of rotatable bonds is 8. The Labute approximate surface area is 160 Å². The Balaban J connectivity index is 0.00000484. The molecule has 0 atom stereocenters. The Morgan fingerprint density at radius 3 is 2.39 bits per heavy atom. The topological polar surface area (TPSA) is 65.5 Å². The second kappa shape index (κ2) is 13.4. The molecule has 3 N–H and O–H groups in total. The first-order valence-electron chi connectivity index (χ1n) is 7.69. The van der Waals surface area contributed by atoms with Crippen molar-refractivity contribution in [3.8, 4) is 0 Å². The summed E-state index contributed by atoms with van der Waals surface area (Å²) in [7, 11) is 0. The van der Waals surface area contributed by atoms with Crippen LogP contribution in [-0.2, 0) is 11.3 Å². The minimum atomic E-state index is 0. The fraction of sp³-hybridized carbons (Fsp3) is 0.500. The van der Waals surface area contributed by atoms with Gasteiger partial charge in [-0.2, -0.15) is 0 Å². The summed E-state index contributed by atoms with van der Waals surface area (Å²) >= 11 is 5.86. The highest BCUT2D eigenvalue weighted by atomic mass is 127. The number of carbonyl (C=O) groups is 1. The van der Waals surface area contributed by atoms with E-state index in [0.29, 0.717) is 25.5 Å². The average molecular weight is 453 g/mol. The van der Waals surface area contributed by atoms with Crippen molar-refractivity contribution in [2.45, 2.75) is 33.2 Å². The molecule has 23 heavy (non-hydrogen) atoms. The molecule has 0 saturated carbocycles. The average Bonchev–Trinajstić information content (AvgIpc) is 2.52. The molecule has 0 aliphatic rings. The molecule has 0 unspecified atom stereocenters. The van der Waals surface area contributed by atoms with Crippen LogP contribution < -0.4 is 16.0 Å². The third kappa shape index (κ3) is 10.4. The SMILES string of the molecule is CCCNC(=O)CCNC(=NCc1ccc(Cl)cc1)NCC.I. The van der Waals surface area contributed by atoms with Gasteiger partial charge in [0.2, 0.25) is 5.91 Å². The van der Waals surface area contributed by atoms with Gasteiger partial charge in [-0.3, -0.25) is 4.79 Å². The van der Waals surface area contributed by atoms with Crippen LogP contribution in [0.4, 0.5) is 0 Å². The number of nitrogens with zero attached hydrogens (tertiary/aromatic N) is 1. The summed E-state index contributed by atoms with van der Waals surface area (Å²) in [5.41, 5.74) is 1.09. The zero-order valence-electron chi connectivity index (χ0n) is 13.7. The van der Waals surface area contributed by atoms with Gasteiger partial charge in [-0.1, -0.05) is 30.7 Å². The fourth-order valence-electron chi connectivity index (χ4n) is 1.75. The van der Waals surface area contributed by atoms with Gasteiger partial charge in [0.1, 0.15) is 0 Å². The van der Waals surface area contributed by atoms with E-state index in [1.165, 1.54) is 0 Å². The van der Waals surface area contributed by atoms with E-state index >= 15 is 0 Å². The lowest BCUT2D eigenvalue weighted by Gasteiger charge is -2.11. The van der Waals surface area contributed by atoms with Crippen molar-refractivity contribution >= 4 is 47.4 Å². The molecule has 0 spiro atoms. The molecule has 7 heteroatoms. The van der Waals surface area contributed by atoms with Gasteiger partial charge >= 0.3 is 0 Å². The van der Waals surface area contributed by atoms with Gasteiger partial charge in [-0.15, -0.1) is 24.0 Å². The third-order valence-electron chi connectivity index (χ3n) is 2.89. The molecule has 0 bridgehead atoms. The maximum atomic E-state index is 11.5. The first kappa shape index (κ1) is 22.0. The predicted molar refractivity (Wildman–Crippen MR) is 108 cm³/mol. The summed E-state index contributed by atoms with van der Waals surface area (Å²) in [6, 6.07) is 7.61. The van der Waals surface area contributed by atoms with Gasteiger partial charge in [0, 0.05) is 31.1 Å². The molecule has 0 aliphatic heterocycles. The van der Waals surface area contributed by atoms with Gasteiger partial charge in [0.05, 0.1) is 6.54 Å². The van der Waals surface area contributed by atoms with Crippen LogP contribution in [0.3, 0.4) is 0 Å². The molecule has 0 saturated heterocycles. The van der Waals surface area contributed by atoms with Crippen molar-refractivity contribution in [3.05, 3.63) is 34.9 Å². The van der Waals surface area contributed by atoms with Gasteiger partial charge in [0.15, 0.2) is 5.96 Å². The van der Waals surface area contributed by atoms with E-state index in [1.54, 1.807) is 0 Å². The minimum Gasteiger partial charge on any atom is -0.357 e. The van der Waals surface area contributed by atoms with E-state index in [4.69, 9.17) is 11.6 Å². The first-order chi connectivity index (χ1) is 10.7. The highest BCUT2D eigenvalue weighted by Crippen LogP contribution is 2.09. The van der Waals surface area contributed by atoms with E-state index in [9.17, 15) is 4.79 Å². The molecule has 0 heterocycles. The molecule has 0 radical (unpaired) electrons. The minimum absolute atomic E-state index is 0. The number of halogens is 2. The van der Waals surface area contributed by atoms with E-state index in [2.05, 4.69) is 20.9 Å². The van der Waals surface area contributed by atoms with Crippen molar-refractivity contribution in [3.63, 3.8) is 0 Å². The maximum absolute atomic E-state index is 11.5. The van der Waals surface area contributed by atoms with E-state index in [0.717, 1.165) is 30.1 Å². The largest absolute Gasteiger partial charge is 0.357 e. The molecule has 0 aromatic heterocycles. The smallest absolute Gasteiger partial charge is 0.221 e. The third-order valence-corrected chi connectivity index (χ3v) is 3.15. The van der Waals surface area contributed by atoms with Crippen LogP contribution in [0.1, 0.15) is 32.3 Å². The lowest BCUT2D eigenvalue weighted by Crippen LogP contribution is -2.39. The van der Waals surface area contributed by atoms with Gasteiger partial charge in [0.25, 0.3) is 0 Å². The number of benzene rings is 1. The second-order valence-corrected chi connectivity index (χ2v) is 5.28. The van der Waals surface area contributed by atoms with Crippen LogP contribution >= 0.6 is 35.6 Å². The summed E-state index contributed by atoms with van der Waals surface area (Å²) in [4.78, 5) is 16.0. The van der Waals surface area contributed by atoms with Gasteiger partial charge in [-0.25, -0.2) is 4.99 Å². The maximum Gasteiger partial charge on any atom is 0.221 e. The Morgan fingerprint density at radius 1 is 1.09 bits per heavy atom. The summed E-state index contributed by atoms with van der Waals surface area (Å²) in [5.74, 6) is 0.767. The molecule has 0 fully saturated rings. The second-order valence-electron chi connectivity index (χ2n) is 4.85. The number of carbonyl (C=O) groups excluding carboxylic acids is 1. The quantitative estimate of drug-likeness (QED) is 0.323. The molecule has 0 aliphatic carbocycles. The summed E-state index contributed by atoms with van der Waals surface area (Å²) < 4.78 is 0. The molecular formula is C16H26ClIN4O. The van der Waals surface area contributed by atoms with Gasteiger partial charge in [-0.05, 0) is 31.0 Å². The Morgan fingerprint density at radius 2 is 1.78 bits per heavy atom. The summed E-state index contributed by atoms with van der Waals surface area (Å²) in [6.07, 6.45) is 1.38. The highest BCUT2D eigenvalue weighted by Gasteiger charge is 2.02. The Kier molecular flexibility index (Phi) is 12.8. The van der Waals surface area contributed by atoms with Crippen LogP contribution in [0, 0.1) is 0 Å². The zero-order chi connectivity index (χ0) is 16.2. The molecule has 130 valence electrons. The van der Waals surface area contributed by atoms with Crippen LogP contribution in [-0.4, -0.2) is 31.5 Å².